The van der Waals surface area contributed by atoms with Crippen molar-refractivity contribution in [1.29, 1.82) is 0 Å². The van der Waals surface area contributed by atoms with E-state index in [1.165, 1.54) is 0 Å². The zero-order chi connectivity index (χ0) is 23.4. The molecular weight excluding hydrogens is 482 g/mol. The van der Waals surface area contributed by atoms with Crippen LogP contribution >= 0.6 is 15.9 Å². The summed E-state index contributed by atoms with van der Waals surface area (Å²) < 4.78 is 11.7. The molecule has 1 heterocycles. The van der Waals surface area contributed by atoms with Crippen molar-refractivity contribution >= 4 is 27.7 Å². The van der Waals surface area contributed by atoms with E-state index in [1.807, 2.05) is 56.3 Å². The Morgan fingerprint density at radius 1 is 1.06 bits per heavy atom. The summed E-state index contributed by atoms with van der Waals surface area (Å²) >= 11 is 3.64. The molecule has 6 heteroatoms. The number of ether oxygens (including phenoxy) is 2. The molecule has 2 aromatic carbocycles. The summed E-state index contributed by atoms with van der Waals surface area (Å²) in [7, 11) is 0. The average Bonchev–Trinajstić information content (AvgIpc) is 2.81. The number of ketones is 1. The van der Waals surface area contributed by atoms with Gasteiger partial charge in [-0.3, -0.25) is 4.79 Å². The molecule has 172 valence electrons. The lowest BCUT2D eigenvalue weighted by Crippen LogP contribution is -2.36. The maximum Gasteiger partial charge on any atom is 0.336 e. The van der Waals surface area contributed by atoms with Gasteiger partial charge in [0.1, 0.15) is 6.61 Å². The van der Waals surface area contributed by atoms with Crippen molar-refractivity contribution in [3.05, 3.63) is 92.7 Å². The molecule has 1 aliphatic carbocycles. The lowest BCUT2D eigenvalue weighted by atomic mass is 9.72. The molecule has 0 saturated heterocycles. The summed E-state index contributed by atoms with van der Waals surface area (Å²) in [6, 6.07) is 17.9. The van der Waals surface area contributed by atoms with Gasteiger partial charge in [0, 0.05) is 40.4 Å². The van der Waals surface area contributed by atoms with Gasteiger partial charge in [0.25, 0.3) is 0 Å². The van der Waals surface area contributed by atoms with Crippen LogP contribution in [0.15, 0.2) is 81.6 Å². The second-order valence-electron chi connectivity index (χ2n) is 8.28. The fourth-order valence-electron chi connectivity index (χ4n) is 4.71. The van der Waals surface area contributed by atoms with Gasteiger partial charge in [-0.2, -0.15) is 0 Å². The number of carbonyl (C=O) groups excluding carboxylic acids is 2. The number of esters is 1. The fourth-order valence-corrected chi connectivity index (χ4v) is 5.22. The minimum atomic E-state index is -0.486. The lowest BCUT2D eigenvalue weighted by molar-refractivity contribution is -0.140. The van der Waals surface area contributed by atoms with Crippen LogP contribution in [0.25, 0.3) is 0 Å². The third kappa shape index (κ3) is 4.97. The number of nitrogens with one attached hydrogen (secondary N) is 1. The first kappa shape index (κ1) is 23.5. The maximum absolute atomic E-state index is 13.6. The zero-order valence-corrected chi connectivity index (χ0v) is 20.5. The molecule has 4 rings (SSSR count). The van der Waals surface area contributed by atoms with E-state index < -0.39 is 11.9 Å². The van der Waals surface area contributed by atoms with E-state index in [1.54, 1.807) is 0 Å². The third-order valence-corrected chi connectivity index (χ3v) is 6.92. The zero-order valence-electron chi connectivity index (χ0n) is 18.9. The topological polar surface area (TPSA) is 64.6 Å². The van der Waals surface area contributed by atoms with Crippen molar-refractivity contribution in [2.75, 3.05) is 19.8 Å². The van der Waals surface area contributed by atoms with Gasteiger partial charge < -0.3 is 14.8 Å². The first-order valence-electron chi connectivity index (χ1n) is 11.3. The van der Waals surface area contributed by atoms with Gasteiger partial charge in [0.05, 0.1) is 12.2 Å². The van der Waals surface area contributed by atoms with Gasteiger partial charge in [0.15, 0.2) is 5.78 Å². The molecule has 1 N–H and O–H groups in total. The molecule has 0 bridgehead atoms. The smallest absolute Gasteiger partial charge is 0.336 e. The van der Waals surface area contributed by atoms with Gasteiger partial charge in [-0.05, 0) is 43.4 Å². The SMILES string of the molecule is CCOCCOC(=O)C1=C(C)NC2=C(C(=O)C[C@H](c3ccccc3)C2)[C@@H]1c1ccccc1Br. The average molecular weight is 510 g/mol. The molecule has 0 amide bonds. The number of dihydropyridines is 1. The van der Waals surface area contributed by atoms with Crippen LogP contribution in [0.2, 0.25) is 0 Å². The first-order chi connectivity index (χ1) is 16.0. The fraction of sp³-hybridized carbons (Fsp3) is 0.333. The van der Waals surface area contributed by atoms with Gasteiger partial charge in [-0.1, -0.05) is 64.5 Å². The number of rotatable bonds is 7. The number of Topliss-reactive ketones (excluding diaryl/α,β-unsaturated/α-hetero) is 1. The van der Waals surface area contributed by atoms with Gasteiger partial charge >= 0.3 is 5.97 Å². The highest BCUT2D eigenvalue weighted by Gasteiger charge is 2.42. The van der Waals surface area contributed by atoms with Crippen molar-refractivity contribution in [2.45, 2.75) is 38.5 Å². The quantitative estimate of drug-likeness (QED) is 0.400. The van der Waals surface area contributed by atoms with E-state index in [4.69, 9.17) is 9.47 Å². The summed E-state index contributed by atoms with van der Waals surface area (Å²) in [6.07, 6.45) is 1.13. The Kier molecular flexibility index (Phi) is 7.46. The number of halogens is 1. The minimum absolute atomic E-state index is 0.0606. The van der Waals surface area contributed by atoms with Crippen molar-refractivity contribution < 1.29 is 19.1 Å². The van der Waals surface area contributed by atoms with Crippen LogP contribution in [0.4, 0.5) is 0 Å². The standard InChI is InChI=1S/C27H28BrNO4/c1-3-32-13-14-33-27(31)24-17(2)29-22-15-19(18-9-5-4-6-10-18)16-23(30)26(22)25(24)20-11-7-8-12-21(20)28/h4-12,19,25,29H,3,13-16H2,1-2H3/t19-,25-/m1/s1. The summed E-state index contributed by atoms with van der Waals surface area (Å²) in [4.78, 5) is 26.8. The summed E-state index contributed by atoms with van der Waals surface area (Å²) in [5, 5.41) is 3.39. The van der Waals surface area contributed by atoms with E-state index in [9.17, 15) is 9.59 Å². The van der Waals surface area contributed by atoms with Crippen LogP contribution in [0.1, 0.15) is 49.7 Å². The molecule has 2 atom stereocenters. The van der Waals surface area contributed by atoms with Crippen LogP contribution in [0, 0.1) is 0 Å². The van der Waals surface area contributed by atoms with Crippen LogP contribution in [-0.4, -0.2) is 31.6 Å². The Hall–Kier alpha value is -2.70. The minimum Gasteiger partial charge on any atom is -0.460 e. The third-order valence-electron chi connectivity index (χ3n) is 6.20. The molecule has 0 spiro atoms. The number of benzene rings is 2. The Balaban J connectivity index is 1.73. The number of allylic oxidation sites excluding steroid dienone is 3. The number of carbonyl (C=O) groups is 2. The largest absolute Gasteiger partial charge is 0.460 e. The summed E-state index contributed by atoms with van der Waals surface area (Å²) in [5.74, 6) is -0.742. The first-order valence-corrected chi connectivity index (χ1v) is 12.1. The molecule has 0 aromatic heterocycles. The highest BCUT2D eigenvalue weighted by atomic mass is 79.9. The Morgan fingerprint density at radius 3 is 2.52 bits per heavy atom. The maximum atomic E-state index is 13.6. The molecule has 2 aromatic rings. The molecule has 5 nitrogen and oxygen atoms in total. The Morgan fingerprint density at radius 2 is 1.79 bits per heavy atom. The summed E-state index contributed by atoms with van der Waals surface area (Å²) in [5.41, 5.74) is 4.79. The van der Waals surface area contributed by atoms with E-state index >= 15 is 0 Å². The van der Waals surface area contributed by atoms with Crippen LogP contribution in [-0.2, 0) is 19.1 Å². The summed E-state index contributed by atoms with van der Waals surface area (Å²) in [6.45, 7) is 4.85. The molecule has 1 aliphatic heterocycles. The van der Waals surface area contributed by atoms with Gasteiger partial charge in [-0.15, -0.1) is 0 Å². The predicted octanol–water partition coefficient (Wildman–Crippen LogP) is 5.39. The Labute approximate surface area is 203 Å². The van der Waals surface area contributed by atoms with Crippen molar-refractivity contribution in [2.24, 2.45) is 0 Å². The number of hydrogen-bond donors (Lipinski definition) is 1. The second kappa shape index (κ2) is 10.5. The van der Waals surface area contributed by atoms with Crippen LogP contribution in [0.5, 0.6) is 0 Å². The number of hydrogen-bond acceptors (Lipinski definition) is 5. The van der Waals surface area contributed by atoms with E-state index in [-0.39, 0.29) is 18.3 Å². The normalized spacial score (nSPS) is 20.4. The van der Waals surface area contributed by atoms with E-state index in [0.29, 0.717) is 30.8 Å². The predicted molar refractivity (Wildman–Crippen MR) is 131 cm³/mol. The molecule has 0 unspecified atom stereocenters. The lowest BCUT2D eigenvalue weighted by Gasteiger charge is -2.37. The van der Waals surface area contributed by atoms with Crippen LogP contribution in [0.3, 0.4) is 0 Å². The highest BCUT2D eigenvalue weighted by Crippen LogP contribution is 2.47. The molecular formula is C27H28BrNO4. The van der Waals surface area contributed by atoms with E-state index in [0.717, 1.165) is 33.4 Å². The van der Waals surface area contributed by atoms with Gasteiger partial charge in [0.2, 0.25) is 0 Å². The van der Waals surface area contributed by atoms with Crippen molar-refractivity contribution in [3.63, 3.8) is 0 Å². The van der Waals surface area contributed by atoms with Crippen LogP contribution < -0.4 is 5.32 Å². The van der Waals surface area contributed by atoms with Crippen molar-refractivity contribution in [3.8, 4) is 0 Å². The second-order valence-corrected chi connectivity index (χ2v) is 9.14. The molecule has 0 radical (unpaired) electrons. The van der Waals surface area contributed by atoms with E-state index in [2.05, 4.69) is 33.4 Å². The van der Waals surface area contributed by atoms with Crippen molar-refractivity contribution in [1.82, 2.24) is 5.32 Å². The monoisotopic (exact) mass is 509 g/mol. The molecule has 2 aliphatic rings. The highest BCUT2D eigenvalue weighted by molar-refractivity contribution is 9.10. The molecule has 0 fully saturated rings. The molecule has 33 heavy (non-hydrogen) atoms. The van der Waals surface area contributed by atoms with Gasteiger partial charge in [-0.25, -0.2) is 4.79 Å². The molecule has 0 saturated carbocycles. The Bertz CT molecular complexity index is 1110.